The molecule has 0 aromatic heterocycles. The van der Waals surface area contributed by atoms with Crippen LogP contribution in [0.4, 0.5) is 0 Å². The molecule has 1 fully saturated rings. The Labute approximate surface area is 96.9 Å². The fourth-order valence-corrected chi connectivity index (χ4v) is 2.53. The van der Waals surface area contributed by atoms with Gasteiger partial charge in [-0.05, 0) is 32.2 Å². The highest BCUT2D eigenvalue weighted by Gasteiger charge is 2.20. The molecule has 1 unspecified atom stereocenters. The summed E-state index contributed by atoms with van der Waals surface area (Å²) in [4.78, 5) is 11.4. The molecule has 1 saturated carbocycles. The highest BCUT2D eigenvalue weighted by Crippen LogP contribution is 2.27. The Balaban J connectivity index is 2.11. The van der Waals surface area contributed by atoms with Gasteiger partial charge in [-0.15, -0.1) is 0 Å². The molecule has 6 heteroatoms. The number of carbonyl (C=O) groups excluding carboxylic acids is 1. The maximum atomic E-state index is 11.4. The second-order valence-corrected chi connectivity index (χ2v) is 6.82. The summed E-state index contributed by atoms with van der Waals surface area (Å²) in [6, 6.07) is -0.328. The number of carbonyl (C=O) groups is 1. The lowest BCUT2D eigenvalue weighted by Crippen LogP contribution is -2.42. The van der Waals surface area contributed by atoms with E-state index in [4.69, 9.17) is 0 Å². The van der Waals surface area contributed by atoms with Gasteiger partial charge >= 0.3 is 0 Å². The van der Waals surface area contributed by atoms with Crippen LogP contribution in [-0.4, -0.2) is 45.5 Å². The van der Waals surface area contributed by atoms with Crippen molar-refractivity contribution in [1.82, 2.24) is 10.6 Å². The van der Waals surface area contributed by atoms with E-state index in [1.165, 1.54) is 19.1 Å². The minimum atomic E-state index is -3.03. The fraction of sp³-hybridized carbons (Fsp3) is 0.900. The maximum Gasteiger partial charge on any atom is 0.234 e. The molecule has 16 heavy (non-hydrogen) atoms. The minimum absolute atomic E-state index is 0.0125. The van der Waals surface area contributed by atoms with Crippen LogP contribution < -0.4 is 10.6 Å². The summed E-state index contributed by atoms with van der Waals surface area (Å²) in [6.07, 6.45) is 3.67. The van der Waals surface area contributed by atoms with E-state index in [-0.39, 0.29) is 24.2 Å². The van der Waals surface area contributed by atoms with E-state index in [1.54, 1.807) is 6.92 Å². The van der Waals surface area contributed by atoms with Crippen molar-refractivity contribution in [3.63, 3.8) is 0 Å². The molecule has 94 valence electrons. The summed E-state index contributed by atoms with van der Waals surface area (Å²) in [7, 11) is -3.03. The number of amides is 1. The van der Waals surface area contributed by atoms with Gasteiger partial charge < -0.3 is 10.6 Å². The topological polar surface area (TPSA) is 75.3 Å². The Bertz CT molecular complexity index is 336. The van der Waals surface area contributed by atoms with E-state index in [0.717, 1.165) is 12.5 Å². The van der Waals surface area contributed by atoms with Crippen LogP contribution in [-0.2, 0) is 14.6 Å². The Kier molecular flexibility index (Phi) is 4.73. The van der Waals surface area contributed by atoms with Crippen LogP contribution in [0.2, 0.25) is 0 Å². The standard InChI is InChI=1S/C10H20N2O3S/c1-8(7-16(2,14)15)12-10(13)6-11-5-9-3-4-9/h8-9,11H,3-7H2,1-2H3,(H,12,13). The molecular formula is C10H20N2O3S. The van der Waals surface area contributed by atoms with Crippen LogP contribution in [0.5, 0.6) is 0 Å². The first-order valence-electron chi connectivity index (χ1n) is 5.54. The summed E-state index contributed by atoms with van der Waals surface area (Å²) in [5, 5.41) is 5.70. The third kappa shape index (κ3) is 6.79. The van der Waals surface area contributed by atoms with Crippen LogP contribution in [0.25, 0.3) is 0 Å². The molecule has 0 aromatic rings. The van der Waals surface area contributed by atoms with Gasteiger partial charge in [-0.3, -0.25) is 4.79 Å². The average molecular weight is 248 g/mol. The number of rotatable bonds is 7. The summed E-state index contributed by atoms with van der Waals surface area (Å²) in [6.45, 7) is 2.85. The lowest BCUT2D eigenvalue weighted by atomic mass is 10.3. The number of sulfone groups is 1. The molecule has 5 nitrogen and oxygen atoms in total. The molecule has 0 heterocycles. The molecule has 1 aliphatic carbocycles. The zero-order chi connectivity index (χ0) is 12.2. The highest BCUT2D eigenvalue weighted by molar-refractivity contribution is 7.90. The van der Waals surface area contributed by atoms with E-state index in [2.05, 4.69) is 10.6 Å². The summed E-state index contributed by atoms with van der Waals surface area (Å²) < 4.78 is 21.9. The van der Waals surface area contributed by atoms with Gasteiger partial charge in [-0.25, -0.2) is 8.42 Å². The second-order valence-electron chi connectivity index (χ2n) is 4.64. The van der Waals surface area contributed by atoms with Crippen LogP contribution in [0.3, 0.4) is 0 Å². The first kappa shape index (κ1) is 13.4. The van der Waals surface area contributed by atoms with Gasteiger partial charge in [0, 0.05) is 12.3 Å². The predicted octanol–water partition coefficient (Wildman–Crippen LogP) is -0.465. The van der Waals surface area contributed by atoms with Crippen LogP contribution >= 0.6 is 0 Å². The van der Waals surface area contributed by atoms with Crippen LogP contribution in [0.1, 0.15) is 19.8 Å². The molecule has 0 saturated heterocycles. The van der Waals surface area contributed by atoms with Gasteiger partial charge in [-0.1, -0.05) is 0 Å². The first-order valence-corrected chi connectivity index (χ1v) is 7.60. The van der Waals surface area contributed by atoms with E-state index < -0.39 is 9.84 Å². The van der Waals surface area contributed by atoms with Gasteiger partial charge in [0.25, 0.3) is 0 Å². The molecule has 0 spiro atoms. The fourth-order valence-electron chi connectivity index (χ4n) is 1.53. The monoisotopic (exact) mass is 248 g/mol. The van der Waals surface area contributed by atoms with E-state index >= 15 is 0 Å². The van der Waals surface area contributed by atoms with Crippen molar-refractivity contribution in [2.75, 3.05) is 25.1 Å². The van der Waals surface area contributed by atoms with E-state index in [0.29, 0.717) is 0 Å². The third-order valence-corrected chi connectivity index (χ3v) is 3.48. The summed E-state index contributed by atoms with van der Waals surface area (Å²) in [5.41, 5.74) is 0. The molecule has 0 aromatic carbocycles. The number of hydrogen-bond acceptors (Lipinski definition) is 4. The maximum absolute atomic E-state index is 11.4. The summed E-state index contributed by atoms with van der Waals surface area (Å²) in [5.74, 6) is 0.583. The zero-order valence-corrected chi connectivity index (χ0v) is 10.6. The van der Waals surface area contributed by atoms with Gasteiger partial charge in [0.15, 0.2) is 0 Å². The van der Waals surface area contributed by atoms with Crippen molar-refractivity contribution < 1.29 is 13.2 Å². The van der Waals surface area contributed by atoms with Crippen molar-refractivity contribution in [3.8, 4) is 0 Å². The molecule has 1 rings (SSSR count). The molecule has 0 radical (unpaired) electrons. The zero-order valence-electron chi connectivity index (χ0n) is 9.82. The van der Waals surface area contributed by atoms with Crippen molar-refractivity contribution in [2.45, 2.75) is 25.8 Å². The predicted molar refractivity (Wildman–Crippen MR) is 62.9 cm³/mol. The minimum Gasteiger partial charge on any atom is -0.352 e. The lowest BCUT2D eigenvalue weighted by molar-refractivity contribution is -0.120. The molecule has 1 amide bonds. The van der Waals surface area contributed by atoms with Crippen molar-refractivity contribution >= 4 is 15.7 Å². The van der Waals surface area contributed by atoms with Crippen molar-refractivity contribution in [2.24, 2.45) is 5.92 Å². The molecule has 0 aliphatic heterocycles. The molecular weight excluding hydrogens is 228 g/mol. The molecule has 0 bridgehead atoms. The van der Waals surface area contributed by atoms with Gasteiger partial charge in [0.05, 0.1) is 12.3 Å². The average Bonchev–Trinajstić information content (AvgIpc) is 2.83. The Morgan fingerprint density at radius 3 is 2.56 bits per heavy atom. The number of hydrogen-bond donors (Lipinski definition) is 2. The van der Waals surface area contributed by atoms with Gasteiger partial charge in [-0.2, -0.15) is 0 Å². The van der Waals surface area contributed by atoms with Gasteiger partial charge in [0.1, 0.15) is 9.84 Å². The van der Waals surface area contributed by atoms with E-state index in [9.17, 15) is 13.2 Å². The second kappa shape index (κ2) is 5.63. The molecule has 1 aliphatic rings. The SMILES string of the molecule is CC(CS(C)(=O)=O)NC(=O)CNCC1CC1. The normalized spacial score (nSPS) is 18.1. The van der Waals surface area contributed by atoms with Crippen LogP contribution in [0, 0.1) is 5.92 Å². The van der Waals surface area contributed by atoms with Gasteiger partial charge in [0.2, 0.25) is 5.91 Å². The van der Waals surface area contributed by atoms with Crippen molar-refractivity contribution in [3.05, 3.63) is 0 Å². The van der Waals surface area contributed by atoms with E-state index in [1.807, 2.05) is 0 Å². The Morgan fingerprint density at radius 1 is 1.44 bits per heavy atom. The quantitative estimate of drug-likeness (QED) is 0.639. The first-order chi connectivity index (χ1) is 7.37. The lowest BCUT2D eigenvalue weighted by Gasteiger charge is -2.12. The van der Waals surface area contributed by atoms with Crippen molar-refractivity contribution in [1.29, 1.82) is 0 Å². The molecule has 1 atom stereocenters. The Hall–Kier alpha value is -0.620. The largest absolute Gasteiger partial charge is 0.352 e. The Morgan fingerprint density at radius 2 is 2.06 bits per heavy atom. The summed E-state index contributed by atoms with van der Waals surface area (Å²) >= 11 is 0. The van der Waals surface area contributed by atoms with Crippen LogP contribution in [0.15, 0.2) is 0 Å². The highest BCUT2D eigenvalue weighted by atomic mass is 32.2. The number of nitrogens with one attached hydrogen (secondary N) is 2. The third-order valence-electron chi connectivity index (χ3n) is 2.38. The molecule has 2 N–H and O–H groups in total. The smallest absolute Gasteiger partial charge is 0.234 e.